The number of nitrogens with one attached hydrogen (secondary N) is 1. The Bertz CT molecular complexity index is 931. The summed E-state index contributed by atoms with van der Waals surface area (Å²) in [4.78, 5) is 16.9. The molecule has 26 heavy (non-hydrogen) atoms. The zero-order valence-electron chi connectivity index (χ0n) is 13.9. The molecule has 1 amide bonds. The average molecular weight is 434 g/mol. The maximum Gasteiger partial charge on any atom is 0.230 e. The van der Waals surface area contributed by atoms with Crippen LogP contribution in [0, 0.1) is 5.92 Å². The number of amides is 1. The van der Waals surface area contributed by atoms with E-state index in [9.17, 15) is 13.2 Å². The minimum Gasteiger partial charge on any atom is -0.302 e. The summed E-state index contributed by atoms with van der Waals surface area (Å²) in [7, 11) is -3.29. The second-order valence-corrected chi connectivity index (χ2v) is 9.80. The minimum absolute atomic E-state index is 0.197. The van der Waals surface area contributed by atoms with Gasteiger partial charge in [-0.05, 0) is 31.0 Å². The van der Waals surface area contributed by atoms with E-state index in [2.05, 4.69) is 10.3 Å². The highest BCUT2D eigenvalue weighted by atomic mass is 35.5. The number of carbonyl (C=O) groups excluding carboxylic acids is 1. The molecular formula is C16H17Cl2N3O3S2. The first-order chi connectivity index (χ1) is 12.2. The lowest BCUT2D eigenvalue weighted by Crippen LogP contribution is -2.43. The third-order valence-electron chi connectivity index (χ3n) is 4.16. The van der Waals surface area contributed by atoms with Gasteiger partial charge in [0.1, 0.15) is 0 Å². The predicted molar refractivity (Wildman–Crippen MR) is 105 cm³/mol. The molecule has 2 heterocycles. The van der Waals surface area contributed by atoms with Gasteiger partial charge in [0.05, 0.1) is 22.9 Å². The molecule has 0 radical (unpaired) electrons. The molecule has 0 aliphatic carbocycles. The Morgan fingerprint density at radius 1 is 1.38 bits per heavy atom. The van der Waals surface area contributed by atoms with Crippen LogP contribution < -0.4 is 5.32 Å². The molecule has 10 heteroatoms. The monoisotopic (exact) mass is 433 g/mol. The average Bonchev–Trinajstić information content (AvgIpc) is 3.04. The van der Waals surface area contributed by atoms with Gasteiger partial charge < -0.3 is 5.32 Å². The van der Waals surface area contributed by atoms with Gasteiger partial charge in [0.2, 0.25) is 15.9 Å². The van der Waals surface area contributed by atoms with Crippen LogP contribution in [0.5, 0.6) is 0 Å². The van der Waals surface area contributed by atoms with Crippen LogP contribution in [-0.2, 0) is 14.8 Å². The van der Waals surface area contributed by atoms with E-state index in [0.29, 0.717) is 45.8 Å². The highest BCUT2D eigenvalue weighted by Gasteiger charge is 2.30. The number of hydrogen-bond acceptors (Lipinski definition) is 5. The fraction of sp³-hybridized carbons (Fsp3) is 0.375. The van der Waals surface area contributed by atoms with Crippen molar-refractivity contribution < 1.29 is 13.2 Å². The summed E-state index contributed by atoms with van der Waals surface area (Å²) < 4.78 is 24.7. The molecule has 2 aromatic rings. The number of halogens is 2. The van der Waals surface area contributed by atoms with Crippen molar-refractivity contribution in [2.75, 3.05) is 24.7 Å². The molecule has 1 aliphatic rings. The van der Waals surface area contributed by atoms with Gasteiger partial charge >= 0.3 is 0 Å². The largest absolute Gasteiger partial charge is 0.302 e. The molecule has 140 valence electrons. The zero-order valence-corrected chi connectivity index (χ0v) is 17.1. The predicted octanol–water partition coefficient (Wildman–Crippen LogP) is 3.73. The van der Waals surface area contributed by atoms with Gasteiger partial charge in [-0.2, -0.15) is 0 Å². The van der Waals surface area contributed by atoms with Crippen molar-refractivity contribution in [3.05, 3.63) is 33.6 Å². The summed E-state index contributed by atoms with van der Waals surface area (Å²) in [5, 5.41) is 6.08. The normalized spacial score (nSPS) is 18.7. The summed E-state index contributed by atoms with van der Waals surface area (Å²) >= 11 is 13.5. The number of carbonyl (C=O) groups is 1. The van der Waals surface area contributed by atoms with Crippen LogP contribution in [0.1, 0.15) is 12.8 Å². The number of sulfonamides is 1. The van der Waals surface area contributed by atoms with Crippen LogP contribution in [-0.4, -0.2) is 43.0 Å². The summed E-state index contributed by atoms with van der Waals surface area (Å²) in [6.45, 7) is 0.653. The molecule has 3 rings (SSSR count). The molecule has 0 bridgehead atoms. The van der Waals surface area contributed by atoms with E-state index in [1.54, 1.807) is 23.6 Å². The van der Waals surface area contributed by atoms with E-state index in [-0.39, 0.29) is 18.4 Å². The number of rotatable bonds is 4. The molecular weight excluding hydrogens is 417 g/mol. The highest BCUT2D eigenvalue weighted by molar-refractivity contribution is 7.88. The van der Waals surface area contributed by atoms with E-state index in [1.165, 1.54) is 15.6 Å². The van der Waals surface area contributed by atoms with Crippen molar-refractivity contribution >= 4 is 55.6 Å². The van der Waals surface area contributed by atoms with Gasteiger partial charge in [-0.3, -0.25) is 4.79 Å². The van der Waals surface area contributed by atoms with E-state index < -0.39 is 10.0 Å². The molecule has 1 fully saturated rings. The van der Waals surface area contributed by atoms with Crippen molar-refractivity contribution in [2.45, 2.75) is 12.8 Å². The smallest absolute Gasteiger partial charge is 0.230 e. The van der Waals surface area contributed by atoms with E-state index in [0.717, 1.165) is 6.26 Å². The molecule has 1 atom stereocenters. The van der Waals surface area contributed by atoms with Crippen LogP contribution >= 0.6 is 34.5 Å². The summed E-state index contributed by atoms with van der Waals surface area (Å²) in [5.41, 5.74) is 1.32. The highest BCUT2D eigenvalue weighted by Crippen LogP contribution is 2.33. The van der Waals surface area contributed by atoms with Gasteiger partial charge in [0, 0.05) is 29.1 Å². The number of benzene rings is 1. The Labute approximate surface area is 166 Å². The van der Waals surface area contributed by atoms with Gasteiger partial charge in [-0.1, -0.05) is 23.2 Å². The Kier molecular flexibility index (Phi) is 5.88. The molecule has 1 saturated heterocycles. The van der Waals surface area contributed by atoms with Gasteiger partial charge in [-0.15, -0.1) is 11.3 Å². The second kappa shape index (κ2) is 7.82. The van der Waals surface area contributed by atoms with Crippen LogP contribution in [0.4, 0.5) is 5.13 Å². The summed E-state index contributed by atoms with van der Waals surface area (Å²) in [6, 6.07) is 5.10. The third kappa shape index (κ3) is 4.55. The van der Waals surface area contributed by atoms with E-state index in [1.807, 2.05) is 0 Å². The molecule has 0 saturated carbocycles. The molecule has 1 N–H and O–H groups in total. The van der Waals surface area contributed by atoms with Crippen LogP contribution in [0.3, 0.4) is 0 Å². The number of piperidine rings is 1. The topological polar surface area (TPSA) is 79.4 Å². The molecule has 1 aliphatic heterocycles. The number of nitrogens with zero attached hydrogens (tertiary/aromatic N) is 2. The Morgan fingerprint density at radius 2 is 2.15 bits per heavy atom. The lowest BCUT2D eigenvalue weighted by Gasteiger charge is -2.29. The Morgan fingerprint density at radius 3 is 2.88 bits per heavy atom. The number of hydrogen-bond donors (Lipinski definition) is 1. The molecule has 1 aromatic heterocycles. The minimum atomic E-state index is -3.29. The first kappa shape index (κ1) is 19.6. The van der Waals surface area contributed by atoms with Crippen LogP contribution in [0.2, 0.25) is 10.0 Å². The standard InChI is InChI=1S/C16H17Cl2N3O3S2/c1-26(23,24)21-6-2-3-10(8-21)15(22)20-16-19-14(9-25-16)12-7-11(17)4-5-13(12)18/h4-5,7,9-10H,2-3,6,8H2,1H3,(H,19,20,22). The molecule has 6 nitrogen and oxygen atoms in total. The molecule has 1 unspecified atom stereocenters. The number of aromatic nitrogens is 1. The maximum absolute atomic E-state index is 12.5. The number of anilines is 1. The van der Waals surface area contributed by atoms with Gasteiger partial charge in [-0.25, -0.2) is 17.7 Å². The number of thiazole rings is 1. The lowest BCUT2D eigenvalue weighted by atomic mass is 9.99. The first-order valence-electron chi connectivity index (χ1n) is 7.91. The SMILES string of the molecule is CS(=O)(=O)N1CCCC(C(=O)Nc2nc(-c3cc(Cl)ccc3Cl)cs2)C1. The third-order valence-corrected chi connectivity index (χ3v) is 6.75. The fourth-order valence-corrected chi connectivity index (χ4v) is 4.83. The van der Waals surface area contributed by atoms with Crippen LogP contribution in [0.25, 0.3) is 11.3 Å². The van der Waals surface area contributed by atoms with Crippen molar-refractivity contribution in [3.8, 4) is 11.3 Å². The lowest BCUT2D eigenvalue weighted by molar-refractivity contribution is -0.120. The second-order valence-electron chi connectivity index (χ2n) is 6.11. The summed E-state index contributed by atoms with van der Waals surface area (Å²) in [6.07, 6.45) is 2.47. The maximum atomic E-state index is 12.5. The quantitative estimate of drug-likeness (QED) is 0.796. The molecule has 0 spiro atoms. The van der Waals surface area contributed by atoms with Crippen LogP contribution in [0.15, 0.2) is 23.6 Å². The van der Waals surface area contributed by atoms with E-state index in [4.69, 9.17) is 23.2 Å². The van der Waals surface area contributed by atoms with Gasteiger partial charge in [0.25, 0.3) is 0 Å². The Hall–Kier alpha value is -1.19. The van der Waals surface area contributed by atoms with Crippen molar-refractivity contribution in [1.82, 2.24) is 9.29 Å². The first-order valence-corrected chi connectivity index (χ1v) is 11.4. The molecule has 1 aromatic carbocycles. The van der Waals surface area contributed by atoms with Gasteiger partial charge in [0.15, 0.2) is 5.13 Å². The zero-order chi connectivity index (χ0) is 18.9. The Balaban J connectivity index is 1.71. The van der Waals surface area contributed by atoms with Crippen molar-refractivity contribution in [2.24, 2.45) is 5.92 Å². The fourth-order valence-electron chi connectivity index (χ4n) is 2.81. The summed E-state index contributed by atoms with van der Waals surface area (Å²) in [5.74, 6) is -0.614. The van der Waals surface area contributed by atoms with E-state index >= 15 is 0 Å². The van der Waals surface area contributed by atoms with Crippen molar-refractivity contribution in [3.63, 3.8) is 0 Å². The van der Waals surface area contributed by atoms with Crippen molar-refractivity contribution in [1.29, 1.82) is 0 Å².